The summed E-state index contributed by atoms with van der Waals surface area (Å²) in [5.74, 6) is -0.823. The molecule has 0 saturated carbocycles. The van der Waals surface area contributed by atoms with Crippen molar-refractivity contribution < 1.29 is 4.79 Å². The first-order valence-corrected chi connectivity index (χ1v) is 9.24. The third-order valence-corrected chi connectivity index (χ3v) is 5.24. The van der Waals surface area contributed by atoms with Crippen LogP contribution in [0.4, 0.5) is 0 Å². The number of primary amides is 1. The van der Waals surface area contributed by atoms with Crippen LogP contribution in [0.25, 0.3) is 0 Å². The highest BCUT2D eigenvalue weighted by Gasteiger charge is 2.18. The molecule has 1 unspecified atom stereocenters. The average Bonchev–Trinajstić information content (AvgIpc) is 2.65. The number of carbonyl (C=O) groups is 1. The van der Waals surface area contributed by atoms with Crippen LogP contribution in [-0.4, -0.2) is 10.5 Å². The van der Waals surface area contributed by atoms with Gasteiger partial charge in [-0.25, -0.2) is 0 Å². The Balaban J connectivity index is 2.12. The first-order valence-electron chi connectivity index (χ1n) is 8.11. The van der Waals surface area contributed by atoms with E-state index in [-0.39, 0.29) is 17.0 Å². The highest BCUT2D eigenvalue weighted by atomic mass is 35.5. The molecule has 0 aliphatic carbocycles. The van der Waals surface area contributed by atoms with Crippen LogP contribution in [0.3, 0.4) is 0 Å². The van der Waals surface area contributed by atoms with Crippen LogP contribution >= 0.6 is 34.8 Å². The van der Waals surface area contributed by atoms with E-state index >= 15 is 0 Å². The zero-order chi connectivity index (χ0) is 19.6. The SMILES string of the molecule is N=c1c(C(N)=O)cc(Cl)cn1CC(c1ccccc1)c1ccc(Cl)c(Cl)c1. The van der Waals surface area contributed by atoms with Gasteiger partial charge in [0.1, 0.15) is 5.49 Å². The topological polar surface area (TPSA) is 71.9 Å². The Bertz CT molecular complexity index is 1050. The summed E-state index contributed by atoms with van der Waals surface area (Å²) in [5, 5.41) is 9.58. The van der Waals surface area contributed by atoms with Gasteiger partial charge >= 0.3 is 0 Å². The number of halogens is 3. The molecule has 0 bridgehead atoms. The summed E-state index contributed by atoms with van der Waals surface area (Å²) in [6.07, 6.45) is 1.61. The molecule has 27 heavy (non-hydrogen) atoms. The number of nitrogens with two attached hydrogens (primary N) is 1. The fraction of sp³-hybridized carbons (Fsp3) is 0.100. The largest absolute Gasteiger partial charge is 0.365 e. The van der Waals surface area contributed by atoms with Gasteiger partial charge in [0.15, 0.2) is 0 Å². The van der Waals surface area contributed by atoms with E-state index in [9.17, 15) is 4.79 Å². The van der Waals surface area contributed by atoms with Crippen molar-refractivity contribution in [3.8, 4) is 0 Å². The van der Waals surface area contributed by atoms with E-state index in [1.807, 2.05) is 42.5 Å². The molecule has 138 valence electrons. The van der Waals surface area contributed by atoms with Crippen LogP contribution in [0.1, 0.15) is 27.4 Å². The average molecular weight is 421 g/mol. The number of nitrogens with one attached hydrogen (secondary N) is 1. The van der Waals surface area contributed by atoms with Crippen molar-refractivity contribution in [1.29, 1.82) is 5.41 Å². The van der Waals surface area contributed by atoms with Gasteiger partial charge in [0.05, 0.1) is 20.6 Å². The van der Waals surface area contributed by atoms with Gasteiger partial charge in [-0.2, -0.15) is 0 Å². The quantitative estimate of drug-likeness (QED) is 0.608. The summed E-state index contributed by atoms with van der Waals surface area (Å²) in [7, 11) is 0. The van der Waals surface area contributed by atoms with Crippen molar-refractivity contribution in [3.05, 3.63) is 98.0 Å². The molecule has 3 N–H and O–H groups in total. The van der Waals surface area contributed by atoms with Crippen LogP contribution in [0.2, 0.25) is 15.1 Å². The van der Waals surface area contributed by atoms with Gasteiger partial charge < -0.3 is 10.3 Å². The van der Waals surface area contributed by atoms with Crippen LogP contribution in [0.5, 0.6) is 0 Å². The van der Waals surface area contributed by atoms with E-state index in [4.69, 9.17) is 45.9 Å². The first-order chi connectivity index (χ1) is 12.9. The van der Waals surface area contributed by atoms with E-state index in [0.29, 0.717) is 21.6 Å². The van der Waals surface area contributed by atoms with Crippen molar-refractivity contribution >= 4 is 40.7 Å². The maximum atomic E-state index is 11.6. The van der Waals surface area contributed by atoms with E-state index in [0.717, 1.165) is 11.1 Å². The number of hydrogen-bond acceptors (Lipinski definition) is 2. The molecule has 0 fully saturated rings. The minimum absolute atomic E-state index is 0.00731. The lowest BCUT2D eigenvalue weighted by Gasteiger charge is -2.21. The van der Waals surface area contributed by atoms with Gasteiger partial charge in [-0.3, -0.25) is 10.2 Å². The number of hydrogen-bond donors (Lipinski definition) is 2. The van der Waals surface area contributed by atoms with Gasteiger partial charge in [0.2, 0.25) is 0 Å². The summed E-state index contributed by atoms with van der Waals surface area (Å²) in [4.78, 5) is 11.6. The Kier molecular flexibility index (Phi) is 5.90. The van der Waals surface area contributed by atoms with Crippen molar-refractivity contribution in [2.75, 3.05) is 0 Å². The summed E-state index contributed by atoms with van der Waals surface area (Å²) < 4.78 is 1.61. The lowest BCUT2D eigenvalue weighted by Crippen LogP contribution is -2.31. The second kappa shape index (κ2) is 8.17. The number of amides is 1. The highest BCUT2D eigenvalue weighted by Crippen LogP contribution is 2.31. The minimum Gasteiger partial charge on any atom is -0.365 e. The summed E-state index contributed by atoms with van der Waals surface area (Å²) >= 11 is 18.4. The number of aromatic nitrogens is 1. The smallest absolute Gasteiger partial charge is 0.252 e. The van der Waals surface area contributed by atoms with Crippen molar-refractivity contribution in [2.24, 2.45) is 5.73 Å². The van der Waals surface area contributed by atoms with Gasteiger partial charge in [-0.05, 0) is 29.3 Å². The Hall–Kier alpha value is -2.27. The van der Waals surface area contributed by atoms with Crippen molar-refractivity contribution in [1.82, 2.24) is 4.57 Å². The number of rotatable bonds is 5. The zero-order valence-corrected chi connectivity index (χ0v) is 16.4. The first kappa shape index (κ1) is 19.5. The second-order valence-corrected chi connectivity index (χ2v) is 7.32. The maximum absolute atomic E-state index is 11.6. The molecule has 4 nitrogen and oxygen atoms in total. The summed E-state index contributed by atoms with van der Waals surface area (Å²) in [6.45, 7) is 0.377. The molecule has 3 aromatic rings. The number of carbonyl (C=O) groups excluding carboxylic acids is 1. The fourth-order valence-electron chi connectivity index (χ4n) is 2.96. The third kappa shape index (κ3) is 4.35. The lowest BCUT2D eigenvalue weighted by atomic mass is 9.91. The molecule has 0 radical (unpaired) electrons. The van der Waals surface area contributed by atoms with Crippen LogP contribution in [0, 0.1) is 5.41 Å². The van der Waals surface area contributed by atoms with Gasteiger partial charge in [-0.15, -0.1) is 0 Å². The molecule has 1 aromatic heterocycles. The van der Waals surface area contributed by atoms with Crippen molar-refractivity contribution in [2.45, 2.75) is 12.5 Å². The second-order valence-electron chi connectivity index (χ2n) is 6.07. The molecule has 0 saturated heterocycles. The molecule has 0 aliphatic heterocycles. The fourth-order valence-corrected chi connectivity index (χ4v) is 3.49. The van der Waals surface area contributed by atoms with Crippen LogP contribution < -0.4 is 11.2 Å². The number of nitrogens with zero attached hydrogens (tertiary/aromatic N) is 1. The zero-order valence-electron chi connectivity index (χ0n) is 14.1. The lowest BCUT2D eigenvalue weighted by molar-refractivity contribution is 0.0997. The molecular weight excluding hydrogens is 405 g/mol. The Morgan fingerprint density at radius 3 is 2.33 bits per heavy atom. The molecule has 7 heteroatoms. The molecule has 1 atom stereocenters. The summed E-state index contributed by atoms with van der Waals surface area (Å²) in [5.41, 5.74) is 7.42. The monoisotopic (exact) mass is 419 g/mol. The van der Waals surface area contributed by atoms with Crippen molar-refractivity contribution in [3.63, 3.8) is 0 Å². The van der Waals surface area contributed by atoms with Gasteiger partial charge in [0.25, 0.3) is 5.91 Å². The number of pyridine rings is 1. The van der Waals surface area contributed by atoms with E-state index in [2.05, 4.69) is 0 Å². The molecule has 0 spiro atoms. The van der Waals surface area contributed by atoms with E-state index in [1.54, 1.807) is 16.8 Å². The predicted octanol–water partition coefficient (Wildman–Crippen LogP) is 4.86. The maximum Gasteiger partial charge on any atom is 0.252 e. The third-order valence-electron chi connectivity index (χ3n) is 4.30. The Morgan fingerprint density at radius 2 is 1.70 bits per heavy atom. The minimum atomic E-state index is -0.693. The van der Waals surface area contributed by atoms with Crippen LogP contribution in [0.15, 0.2) is 60.8 Å². The standard InChI is InChI=1S/C20H16Cl3N3O/c21-14-9-15(20(25)27)19(24)26(10-14)11-16(12-4-2-1-3-5-12)13-6-7-17(22)18(23)8-13/h1-10,16,24H,11H2,(H2,25,27). The predicted molar refractivity (Wildman–Crippen MR) is 109 cm³/mol. The Morgan fingerprint density at radius 1 is 1.00 bits per heavy atom. The van der Waals surface area contributed by atoms with Gasteiger partial charge in [-0.1, -0.05) is 71.2 Å². The summed E-state index contributed by atoms with van der Waals surface area (Å²) in [6, 6.07) is 16.7. The highest BCUT2D eigenvalue weighted by molar-refractivity contribution is 6.42. The molecule has 1 heterocycles. The molecule has 0 aliphatic rings. The molecule has 3 rings (SSSR count). The Labute approximate surface area is 171 Å². The molecule has 1 amide bonds. The molecular formula is C20H16Cl3N3O. The van der Waals surface area contributed by atoms with E-state index < -0.39 is 5.91 Å². The normalized spacial score (nSPS) is 12.0. The number of benzene rings is 2. The van der Waals surface area contributed by atoms with Crippen LogP contribution in [-0.2, 0) is 6.54 Å². The van der Waals surface area contributed by atoms with E-state index in [1.165, 1.54) is 6.07 Å². The molecule has 2 aromatic carbocycles. The van der Waals surface area contributed by atoms with Gasteiger partial charge in [0, 0.05) is 18.7 Å².